The summed E-state index contributed by atoms with van der Waals surface area (Å²) in [6.07, 6.45) is 2.43. The minimum Gasteiger partial charge on any atom is -0.480 e. The summed E-state index contributed by atoms with van der Waals surface area (Å²) >= 11 is 1.47. The summed E-state index contributed by atoms with van der Waals surface area (Å²) in [4.78, 5) is 12.1. The third kappa shape index (κ3) is 3.52. The Morgan fingerprint density at radius 1 is 1.62 bits per heavy atom. The summed E-state index contributed by atoms with van der Waals surface area (Å²) in [5, 5.41) is 11.1. The van der Waals surface area contributed by atoms with E-state index in [1.807, 2.05) is 17.5 Å². The van der Waals surface area contributed by atoms with Crippen molar-refractivity contribution in [1.82, 2.24) is 8.61 Å². The molecule has 1 N–H and O–H groups in total. The Balaban J connectivity index is 2.24. The van der Waals surface area contributed by atoms with Crippen LogP contribution in [0.1, 0.15) is 17.7 Å². The summed E-state index contributed by atoms with van der Waals surface area (Å²) in [7, 11) is -3.81. The second kappa shape index (κ2) is 6.69. The number of rotatable bonds is 7. The fourth-order valence-corrected chi connectivity index (χ4v) is 4.94. The molecule has 0 amide bonds. The van der Waals surface area contributed by atoms with Crippen molar-refractivity contribution in [3.05, 3.63) is 35.0 Å². The standard InChI is InChI=1S/C13H18N2O4S2/c1-2-7-14(10-11-5-4-9-20-11)21(18,19)15-8-3-6-12(15)13(16)17/h2,4-5,9,12H,1,3,6-8,10H2,(H,16,17). The molecule has 21 heavy (non-hydrogen) atoms. The molecule has 1 unspecified atom stereocenters. The van der Waals surface area contributed by atoms with E-state index in [-0.39, 0.29) is 19.6 Å². The average Bonchev–Trinajstić information content (AvgIpc) is 3.09. The van der Waals surface area contributed by atoms with E-state index in [4.69, 9.17) is 0 Å². The largest absolute Gasteiger partial charge is 0.480 e. The van der Waals surface area contributed by atoms with E-state index in [0.717, 1.165) is 9.18 Å². The zero-order chi connectivity index (χ0) is 15.5. The monoisotopic (exact) mass is 330 g/mol. The van der Waals surface area contributed by atoms with Crippen LogP contribution >= 0.6 is 11.3 Å². The SMILES string of the molecule is C=CCN(Cc1cccs1)S(=O)(=O)N1CCCC1C(=O)O. The Kier molecular flexibility index (Phi) is 5.15. The predicted molar refractivity (Wildman–Crippen MR) is 81.2 cm³/mol. The number of thiophene rings is 1. The van der Waals surface area contributed by atoms with Crippen molar-refractivity contribution in [3.8, 4) is 0 Å². The van der Waals surface area contributed by atoms with Crippen molar-refractivity contribution in [2.24, 2.45) is 0 Å². The maximum atomic E-state index is 12.7. The molecule has 0 aliphatic carbocycles. The molecule has 0 bridgehead atoms. The number of carbonyl (C=O) groups is 1. The van der Waals surface area contributed by atoms with Gasteiger partial charge in [0.2, 0.25) is 0 Å². The lowest BCUT2D eigenvalue weighted by atomic mass is 10.2. The second-order valence-corrected chi connectivity index (χ2v) is 7.69. The Labute approximate surface area is 128 Å². The van der Waals surface area contributed by atoms with Crippen LogP contribution in [0.15, 0.2) is 30.2 Å². The predicted octanol–water partition coefficient (Wildman–Crippen LogP) is 1.53. The smallest absolute Gasteiger partial charge is 0.322 e. The van der Waals surface area contributed by atoms with Gasteiger partial charge < -0.3 is 5.11 Å². The lowest BCUT2D eigenvalue weighted by Crippen LogP contribution is -2.48. The maximum Gasteiger partial charge on any atom is 0.322 e. The van der Waals surface area contributed by atoms with Gasteiger partial charge in [0.1, 0.15) is 6.04 Å². The van der Waals surface area contributed by atoms with Crippen molar-refractivity contribution >= 4 is 27.5 Å². The first-order valence-corrected chi connectivity index (χ1v) is 8.87. The van der Waals surface area contributed by atoms with Crippen LogP contribution in [-0.2, 0) is 21.5 Å². The molecule has 116 valence electrons. The van der Waals surface area contributed by atoms with Crippen molar-refractivity contribution in [2.45, 2.75) is 25.4 Å². The van der Waals surface area contributed by atoms with Gasteiger partial charge in [-0.15, -0.1) is 17.9 Å². The molecule has 8 heteroatoms. The maximum absolute atomic E-state index is 12.7. The van der Waals surface area contributed by atoms with Crippen molar-refractivity contribution in [1.29, 1.82) is 0 Å². The number of nitrogens with zero attached hydrogens (tertiary/aromatic N) is 2. The highest BCUT2D eigenvalue weighted by Crippen LogP contribution is 2.25. The molecule has 2 heterocycles. The van der Waals surface area contributed by atoms with E-state index < -0.39 is 22.2 Å². The molecule has 1 saturated heterocycles. The topological polar surface area (TPSA) is 77.9 Å². The Morgan fingerprint density at radius 3 is 2.95 bits per heavy atom. The van der Waals surface area contributed by atoms with E-state index in [1.54, 1.807) is 0 Å². The Bertz CT molecular complexity index is 598. The van der Waals surface area contributed by atoms with E-state index in [9.17, 15) is 18.3 Å². The molecule has 1 aliphatic heterocycles. The molecule has 2 rings (SSSR count). The molecule has 0 aromatic carbocycles. The highest BCUT2D eigenvalue weighted by Gasteiger charge is 2.41. The summed E-state index contributed by atoms with van der Waals surface area (Å²) in [6.45, 7) is 4.22. The van der Waals surface area contributed by atoms with Gasteiger partial charge in [-0.3, -0.25) is 4.79 Å². The van der Waals surface area contributed by atoms with Gasteiger partial charge in [-0.1, -0.05) is 12.1 Å². The normalized spacial score (nSPS) is 20.0. The van der Waals surface area contributed by atoms with Crippen LogP contribution in [0, 0.1) is 0 Å². The zero-order valence-corrected chi connectivity index (χ0v) is 13.1. The molecule has 1 fully saturated rings. The van der Waals surface area contributed by atoms with Gasteiger partial charge >= 0.3 is 5.97 Å². The molecule has 1 aromatic heterocycles. The van der Waals surface area contributed by atoms with Gasteiger partial charge in [0.05, 0.1) is 0 Å². The molecule has 1 aliphatic rings. The van der Waals surface area contributed by atoms with E-state index >= 15 is 0 Å². The highest BCUT2D eigenvalue weighted by atomic mass is 32.2. The van der Waals surface area contributed by atoms with E-state index in [0.29, 0.717) is 12.8 Å². The first kappa shape index (κ1) is 16.2. The minimum absolute atomic E-state index is 0.156. The average molecular weight is 330 g/mol. The molecule has 6 nitrogen and oxygen atoms in total. The van der Waals surface area contributed by atoms with Crippen LogP contribution in [0.25, 0.3) is 0 Å². The minimum atomic E-state index is -3.81. The highest BCUT2D eigenvalue weighted by molar-refractivity contribution is 7.86. The molecule has 0 saturated carbocycles. The quantitative estimate of drug-likeness (QED) is 0.769. The van der Waals surface area contributed by atoms with Crippen LogP contribution in [0.5, 0.6) is 0 Å². The van der Waals surface area contributed by atoms with Crippen molar-refractivity contribution in [2.75, 3.05) is 13.1 Å². The fraction of sp³-hybridized carbons (Fsp3) is 0.462. The molecular formula is C13H18N2O4S2. The number of aliphatic carboxylic acids is 1. The number of hydrogen-bond acceptors (Lipinski definition) is 4. The van der Waals surface area contributed by atoms with E-state index in [1.165, 1.54) is 21.7 Å². The fourth-order valence-electron chi connectivity index (χ4n) is 2.37. The summed E-state index contributed by atoms with van der Waals surface area (Å²) in [5.74, 6) is -1.09. The van der Waals surface area contributed by atoms with Crippen LogP contribution in [-0.4, -0.2) is 47.2 Å². The molecule has 1 atom stereocenters. The van der Waals surface area contributed by atoms with Crippen molar-refractivity contribution < 1.29 is 18.3 Å². The summed E-state index contributed by atoms with van der Waals surface area (Å²) in [6, 6.07) is 2.74. The van der Waals surface area contributed by atoms with Gasteiger partial charge in [-0.25, -0.2) is 0 Å². The third-order valence-electron chi connectivity index (χ3n) is 3.36. The number of carboxylic acids is 1. The number of carboxylic acid groups (broad SMARTS) is 1. The van der Waals surface area contributed by atoms with Gasteiger partial charge in [-0.2, -0.15) is 17.0 Å². The zero-order valence-electron chi connectivity index (χ0n) is 11.5. The van der Waals surface area contributed by atoms with Gasteiger partial charge in [0.15, 0.2) is 0 Å². The third-order valence-corrected chi connectivity index (χ3v) is 6.18. The molecule has 0 spiro atoms. The van der Waals surface area contributed by atoms with E-state index in [2.05, 4.69) is 6.58 Å². The van der Waals surface area contributed by atoms with Crippen LogP contribution in [0.4, 0.5) is 0 Å². The lowest BCUT2D eigenvalue weighted by Gasteiger charge is -2.28. The van der Waals surface area contributed by atoms with Gasteiger partial charge in [0, 0.05) is 24.5 Å². The lowest BCUT2D eigenvalue weighted by molar-refractivity contribution is -0.140. The second-order valence-electron chi connectivity index (χ2n) is 4.78. The molecule has 1 aromatic rings. The molecule has 0 radical (unpaired) electrons. The first-order chi connectivity index (χ1) is 9.96. The first-order valence-electron chi connectivity index (χ1n) is 6.60. The molecular weight excluding hydrogens is 312 g/mol. The summed E-state index contributed by atoms with van der Waals surface area (Å²) in [5.41, 5.74) is 0. The van der Waals surface area contributed by atoms with Crippen LogP contribution in [0.2, 0.25) is 0 Å². The van der Waals surface area contributed by atoms with Crippen LogP contribution < -0.4 is 0 Å². The van der Waals surface area contributed by atoms with Gasteiger partial charge in [0.25, 0.3) is 10.2 Å². The van der Waals surface area contributed by atoms with Crippen molar-refractivity contribution in [3.63, 3.8) is 0 Å². The summed E-state index contributed by atoms with van der Waals surface area (Å²) < 4.78 is 27.8. The Hall–Kier alpha value is -1.22. The van der Waals surface area contributed by atoms with Crippen LogP contribution in [0.3, 0.4) is 0 Å². The van der Waals surface area contributed by atoms with Gasteiger partial charge in [-0.05, 0) is 24.3 Å². The number of hydrogen-bond donors (Lipinski definition) is 1. The Morgan fingerprint density at radius 2 is 2.38 bits per heavy atom.